The molecule has 0 spiro atoms. The van der Waals surface area contributed by atoms with Crippen LogP contribution in [0.1, 0.15) is 59.1 Å². The molecule has 2 aliphatic rings. The van der Waals surface area contributed by atoms with Gasteiger partial charge in [-0.2, -0.15) is 0 Å². The van der Waals surface area contributed by atoms with Crippen molar-refractivity contribution in [1.82, 2.24) is 29.4 Å². The Morgan fingerprint density at radius 3 is 2.72 bits per heavy atom. The molecule has 2 radical (unpaired) electrons. The Morgan fingerprint density at radius 2 is 1.94 bits per heavy atom. The molecule has 0 bridgehead atoms. The van der Waals surface area contributed by atoms with Crippen molar-refractivity contribution in [2.75, 3.05) is 5.32 Å². The number of amides is 1. The van der Waals surface area contributed by atoms with Gasteiger partial charge in [-0.25, -0.2) is 0 Å². The van der Waals surface area contributed by atoms with Gasteiger partial charge in [0.2, 0.25) is 0 Å². The van der Waals surface area contributed by atoms with Gasteiger partial charge in [0, 0.05) is 0 Å². The van der Waals surface area contributed by atoms with Gasteiger partial charge in [-0.15, -0.1) is 0 Å². The molecule has 1 N–H and O–H groups in total. The molecule has 160 valence electrons. The molecule has 5 heterocycles. The second-order valence-corrected chi connectivity index (χ2v) is 12.8. The van der Waals surface area contributed by atoms with Crippen LogP contribution < -0.4 is 5.32 Å². The van der Waals surface area contributed by atoms with Crippen LogP contribution in [0.25, 0.3) is 11.5 Å². The Labute approximate surface area is 195 Å². The van der Waals surface area contributed by atoms with Gasteiger partial charge in [0.15, 0.2) is 0 Å². The van der Waals surface area contributed by atoms with Crippen LogP contribution in [0.15, 0.2) is 49.1 Å². The van der Waals surface area contributed by atoms with E-state index in [9.17, 15) is 4.79 Å². The van der Waals surface area contributed by atoms with Crippen LogP contribution in [0.5, 0.6) is 0 Å². The molecule has 1 aliphatic heterocycles. The van der Waals surface area contributed by atoms with Crippen LogP contribution in [-0.2, 0) is 0 Å². The van der Waals surface area contributed by atoms with E-state index in [-0.39, 0.29) is 27.0 Å². The van der Waals surface area contributed by atoms with Crippen molar-refractivity contribution < 1.29 is 4.79 Å². The molecule has 0 aromatic carbocycles. The molecular formula is C23H23N7OSn. The first-order valence-electron chi connectivity index (χ1n) is 11.1. The van der Waals surface area contributed by atoms with Gasteiger partial charge in [-0.1, -0.05) is 0 Å². The average molecular weight is 532 g/mol. The topological polar surface area (TPSA) is 90.0 Å². The molecule has 1 saturated heterocycles. The average Bonchev–Trinajstić information content (AvgIpc) is 3.47. The molecule has 6 rings (SSSR count). The molecule has 4 aromatic rings. The number of nitrogens with zero attached hydrogens (tertiary/aromatic N) is 6. The third-order valence-corrected chi connectivity index (χ3v) is 9.95. The maximum atomic E-state index is 13.2. The standard InChI is InChI=1S/C23H23N7O.Sn/c1-3-15(4-2)19-12-21(27-23(31)18-14-26-29-11-5-10-24-22(18)29)30(28-19)20-9-8-17(13-25-20)16-6-7-16;/h5,8-16H,1-4,6-7H2,(H,27,31);. The number of anilines is 1. The van der Waals surface area contributed by atoms with Crippen molar-refractivity contribution in [3.8, 4) is 5.82 Å². The first-order valence-corrected chi connectivity index (χ1v) is 15.2. The van der Waals surface area contributed by atoms with E-state index >= 15 is 0 Å². The monoisotopic (exact) mass is 533 g/mol. The maximum absolute atomic E-state index is 13.2. The first-order chi connectivity index (χ1) is 15.8. The molecule has 8 nitrogen and oxygen atoms in total. The number of carbonyl (C=O) groups excluding carboxylic acids is 1. The van der Waals surface area contributed by atoms with Crippen LogP contribution in [-0.4, -0.2) is 56.4 Å². The summed E-state index contributed by atoms with van der Waals surface area (Å²) >= 11 is -0.151. The Hall–Kier alpha value is -2.75. The van der Waals surface area contributed by atoms with E-state index in [1.807, 2.05) is 18.3 Å². The van der Waals surface area contributed by atoms with Gasteiger partial charge >= 0.3 is 190 Å². The van der Waals surface area contributed by atoms with Crippen molar-refractivity contribution in [1.29, 1.82) is 0 Å². The van der Waals surface area contributed by atoms with Gasteiger partial charge < -0.3 is 0 Å². The van der Waals surface area contributed by atoms with Crippen molar-refractivity contribution in [2.45, 2.75) is 46.4 Å². The molecule has 1 amide bonds. The van der Waals surface area contributed by atoms with Crippen molar-refractivity contribution in [3.05, 3.63) is 65.9 Å². The van der Waals surface area contributed by atoms with Gasteiger partial charge in [0.1, 0.15) is 0 Å². The van der Waals surface area contributed by atoms with E-state index in [2.05, 4.69) is 26.4 Å². The number of hydrogen-bond donors (Lipinski definition) is 1. The summed E-state index contributed by atoms with van der Waals surface area (Å²) in [5.74, 6) is 2.22. The zero-order chi connectivity index (χ0) is 21.5. The van der Waals surface area contributed by atoms with E-state index in [1.165, 1.54) is 40.1 Å². The van der Waals surface area contributed by atoms with Crippen molar-refractivity contribution in [3.63, 3.8) is 0 Å². The summed E-state index contributed by atoms with van der Waals surface area (Å²) in [5, 5.41) is 12.2. The molecule has 9 heteroatoms. The summed E-state index contributed by atoms with van der Waals surface area (Å²) in [6.07, 6.45) is 11.8. The fourth-order valence-corrected chi connectivity index (χ4v) is 8.20. The third kappa shape index (κ3) is 3.80. The summed E-state index contributed by atoms with van der Waals surface area (Å²) in [7, 11) is 0. The molecular weight excluding hydrogens is 509 g/mol. The quantitative estimate of drug-likeness (QED) is 0.395. The molecule has 1 saturated carbocycles. The van der Waals surface area contributed by atoms with Crippen LogP contribution in [0.3, 0.4) is 0 Å². The van der Waals surface area contributed by atoms with Crippen LogP contribution >= 0.6 is 0 Å². The Bertz CT molecular complexity index is 1270. The van der Waals surface area contributed by atoms with E-state index in [1.54, 1.807) is 33.9 Å². The Balaban J connectivity index is 1.35. The van der Waals surface area contributed by atoms with Gasteiger partial charge in [-0.3, -0.25) is 0 Å². The Kier molecular flexibility index (Phi) is 5.17. The molecule has 2 fully saturated rings. The zero-order valence-electron chi connectivity index (χ0n) is 17.6. The van der Waals surface area contributed by atoms with Gasteiger partial charge in [-0.05, 0) is 6.07 Å². The fraction of sp³-hybridized carbons (Fsp3) is 0.348. The van der Waals surface area contributed by atoms with Crippen molar-refractivity contribution in [2.24, 2.45) is 0 Å². The summed E-state index contributed by atoms with van der Waals surface area (Å²) < 4.78 is 6.16. The summed E-state index contributed by atoms with van der Waals surface area (Å²) in [6.45, 7) is 0. The normalized spacial score (nSPS) is 17.0. The minimum absolute atomic E-state index is 0.151. The van der Waals surface area contributed by atoms with Gasteiger partial charge in [0.05, 0.1) is 0 Å². The number of fused-ring (bicyclic) bond motifs is 1. The summed E-state index contributed by atoms with van der Waals surface area (Å²) in [4.78, 5) is 22.1. The predicted molar refractivity (Wildman–Crippen MR) is 122 cm³/mol. The minimum atomic E-state index is -0.251. The molecule has 0 unspecified atom stereocenters. The summed E-state index contributed by atoms with van der Waals surface area (Å²) in [6, 6.07) is 7.95. The SMILES string of the molecule is O=C(Nc1cc(C2C[CH2][Sn][CH2]C2)nn1-c1ccc(C2CC2)cn1)c1cnn2cccnc12. The molecule has 32 heavy (non-hydrogen) atoms. The summed E-state index contributed by atoms with van der Waals surface area (Å²) in [5.41, 5.74) is 3.29. The van der Waals surface area contributed by atoms with Crippen molar-refractivity contribution >= 4 is 38.5 Å². The predicted octanol–water partition coefficient (Wildman–Crippen LogP) is 3.86. The van der Waals surface area contributed by atoms with Gasteiger partial charge in [0.25, 0.3) is 0 Å². The van der Waals surface area contributed by atoms with Crippen LogP contribution in [0.2, 0.25) is 8.87 Å². The second kappa shape index (κ2) is 8.31. The molecule has 4 aromatic heterocycles. The van der Waals surface area contributed by atoms with Crippen LogP contribution in [0.4, 0.5) is 5.82 Å². The molecule has 0 atom stereocenters. The van der Waals surface area contributed by atoms with Crippen LogP contribution in [0, 0.1) is 0 Å². The second-order valence-electron chi connectivity index (χ2n) is 8.51. The molecule has 1 aliphatic carbocycles. The van der Waals surface area contributed by atoms with E-state index < -0.39 is 0 Å². The van der Waals surface area contributed by atoms with E-state index in [0.717, 1.165) is 11.5 Å². The first kappa shape index (κ1) is 19.9. The van der Waals surface area contributed by atoms with E-state index in [0.29, 0.717) is 28.9 Å². The number of pyridine rings is 1. The van der Waals surface area contributed by atoms with E-state index in [4.69, 9.17) is 5.10 Å². The number of nitrogens with one attached hydrogen (secondary N) is 1. The number of carbonyl (C=O) groups is 1. The third-order valence-electron chi connectivity index (χ3n) is 6.29. The number of hydrogen-bond acceptors (Lipinski definition) is 5. The fourth-order valence-electron chi connectivity index (χ4n) is 4.33. The zero-order valence-corrected chi connectivity index (χ0v) is 20.5. The Morgan fingerprint density at radius 1 is 1.06 bits per heavy atom. The number of rotatable bonds is 5. The number of aromatic nitrogens is 6.